The number of pyridine rings is 1. The van der Waals surface area contributed by atoms with Gasteiger partial charge in [-0.15, -0.1) is 0 Å². The van der Waals surface area contributed by atoms with Crippen LogP contribution in [-0.2, 0) is 21.7 Å². The highest BCUT2D eigenvalue weighted by Crippen LogP contribution is 2.47. The van der Waals surface area contributed by atoms with Gasteiger partial charge in [0.1, 0.15) is 17.3 Å². The molecule has 1 aliphatic heterocycles. The van der Waals surface area contributed by atoms with E-state index in [1.165, 1.54) is 55.5 Å². The molecule has 370 valence electrons. The number of rotatable bonds is 10. The van der Waals surface area contributed by atoms with Gasteiger partial charge in [-0.25, -0.2) is 4.98 Å². The number of nitrogens with zero attached hydrogens (tertiary/aromatic N) is 4. The summed E-state index contributed by atoms with van der Waals surface area (Å²) in [4.78, 5) is 10.1. The molecule has 0 atom stereocenters. The molecule has 0 amide bonds. The van der Waals surface area contributed by atoms with E-state index in [4.69, 9.17) is 9.72 Å². The zero-order valence-electron chi connectivity index (χ0n) is 45.3. The second-order valence-corrected chi connectivity index (χ2v) is 24.4. The lowest BCUT2D eigenvalue weighted by Gasteiger charge is -2.32. The molecule has 3 heterocycles. The van der Waals surface area contributed by atoms with Crippen LogP contribution in [0.1, 0.15) is 123 Å². The van der Waals surface area contributed by atoms with Crippen molar-refractivity contribution in [1.82, 2.24) is 9.55 Å². The van der Waals surface area contributed by atoms with Crippen LogP contribution in [0.4, 0.5) is 11.4 Å². The predicted molar refractivity (Wildman–Crippen MR) is 309 cm³/mol. The van der Waals surface area contributed by atoms with Gasteiger partial charge < -0.3 is 14.5 Å². The van der Waals surface area contributed by atoms with Crippen molar-refractivity contribution in [3.63, 3.8) is 0 Å². The molecule has 0 spiro atoms. The summed E-state index contributed by atoms with van der Waals surface area (Å²) in [5, 5.41) is 2.36. The van der Waals surface area contributed by atoms with Crippen molar-refractivity contribution < 1.29 is 4.74 Å². The average molecular weight is 961 g/mol. The number of fused-ring (bicyclic) bond motifs is 3. The SMILES string of the molecule is CC(C)(C)C1=CN(c2cc(C(C)(C)C)cc(C(C)(C)C)c2)CN1c1cc(Oc2cc(C(C)(C)c3ccccc3)c3c4ccccc4n(-c4cc(C(C)(C)c5ccccc5)ccn4)c3c2)cc(-c2ccccc2)c1. The summed E-state index contributed by atoms with van der Waals surface area (Å²) in [5.74, 6) is 2.39. The minimum absolute atomic E-state index is 0.00433. The Morgan fingerprint density at radius 1 is 0.438 bits per heavy atom. The molecule has 5 nitrogen and oxygen atoms in total. The highest BCUT2D eigenvalue weighted by atomic mass is 16.5. The largest absolute Gasteiger partial charge is 0.457 e. The fourth-order valence-electron chi connectivity index (χ4n) is 10.7. The van der Waals surface area contributed by atoms with Gasteiger partial charge in [-0.2, -0.15) is 0 Å². The Labute approximate surface area is 434 Å². The van der Waals surface area contributed by atoms with E-state index in [-0.39, 0.29) is 21.7 Å². The predicted octanol–water partition coefficient (Wildman–Crippen LogP) is 18.1. The van der Waals surface area contributed by atoms with Crippen molar-refractivity contribution >= 4 is 33.2 Å². The first-order chi connectivity index (χ1) is 34.6. The van der Waals surface area contributed by atoms with Crippen molar-refractivity contribution in [2.45, 2.75) is 112 Å². The molecule has 1 aliphatic rings. The van der Waals surface area contributed by atoms with E-state index in [0.29, 0.717) is 6.67 Å². The normalized spacial score (nSPS) is 13.8. The summed E-state index contributed by atoms with van der Waals surface area (Å²) < 4.78 is 9.73. The lowest BCUT2D eigenvalue weighted by molar-refractivity contribution is 0.479. The van der Waals surface area contributed by atoms with Crippen LogP contribution >= 0.6 is 0 Å². The van der Waals surface area contributed by atoms with E-state index < -0.39 is 5.41 Å². The Balaban J connectivity index is 1.16. The third kappa shape index (κ3) is 9.47. The number of hydrogen-bond acceptors (Lipinski definition) is 4. The molecule has 0 N–H and O–H groups in total. The van der Waals surface area contributed by atoms with Gasteiger partial charge in [0.05, 0.1) is 17.7 Å². The van der Waals surface area contributed by atoms with E-state index in [0.717, 1.165) is 45.2 Å². The summed E-state index contributed by atoms with van der Waals surface area (Å²) in [7, 11) is 0. The average Bonchev–Trinajstić information content (AvgIpc) is 3.98. The monoisotopic (exact) mass is 961 g/mol. The topological polar surface area (TPSA) is 33.5 Å². The van der Waals surface area contributed by atoms with Gasteiger partial charge in [0.25, 0.3) is 0 Å². The van der Waals surface area contributed by atoms with Gasteiger partial charge >= 0.3 is 0 Å². The van der Waals surface area contributed by atoms with E-state index in [1.54, 1.807) is 0 Å². The summed E-state index contributed by atoms with van der Waals surface area (Å²) in [6.07, 6.45) is 4.34. The maximum atomic E-state index is 7.39. The first kappa shape index (κ1) is 49.2. The molecule has 10 rings (SSSR count). The Morgan fingerprint density at radius 3 is 1.63 bits per heavy atom. The molecular formula is C68H72N4O. The quantitative estimate of drug-likeness (QED) is 0.137. The van der Waals surface area contributed by atoms with Crippen molar-refractivity contribution in [2.24, 2.45) is 5.41 Å². The van der Waals surface area contributed by atoms with Crippen LogP contribution in [0.5, 0.6) is 11.5 Å². The minimum atomic E-state index is -0.405. The van der Waals surface area contributed by atoms with Crippen LogP contribution in [0.25, 0.3) is 38.8 Å². The van der Waals surface area contributed by atoms with E-state index in [9.17, 15) is 0 Å². The molecule has 0 bridgehead atoms. The second kappa shape index (κ2) is 18.3. The third-order valence-corrected chi connectivity index (χ3v) is 15.3. The van der Waals surface area contributed by atoms with Crippen molar-refractivity contribution in [2.75, 3.05) is 16.5 Å². The van der Waals surface area contributed by atoms with E-state index >= 15 is 0 Å². The fraction of sp³-hybridized carbons (Fsp3) is 0.279. The van der Waals surface area contributed by atoms with Gasteiger partial charge in [-0.05, 0) is 104 Å². The number of aromatic nitrogens is 2. The fourth-order valence-corrected chi connectivity index (χ4v) is 10.7. The van der Waals surface area contributed by atoms with E-state index in [1.807, 2.05) is 6.20 Å². The van der Waals surface area contributed by atoms with Gasteiger partial charge in [-0.3, -0.25) is 4.57 Å². The summed E-state index contributed by atoms with van der Waals surface area (Å²) in [6, 6.07) is 64.0. The van der Waals surface area contributed by atoms with Crippen LogP contribution < -0.4 is 14.5 Å². The van der Waals surface area contributed by atoms with Crippen LogP contribution in [0.15, 0.2) is 194 Å². The Hall–Kier alpha value is -7.37. The minimum Gasteiger partial charge on any atom is -0.457 e. The summed E-state index contributed by atoms with van der Waals surface area (Å²) in [5.41, 5.74) is 14.6. The number of para-hydroxylation sites is 1. The van der Waals surface area contributed by atoms with Crippen molar-refractivity contribution in [3.05, 3.63) is 227 Å². The van der Waals surface area contributed by atoms with Gasteiger partial charge in [0.2, 0.25) is 0 Å². The molecule has 0 aliphatic carbocycles. The zero-order chi connectivity index (χ0) is 51.7. The first-order valence-corrected chi connectivity index (χ1v) is 26.0. The molecule has 7 aromatic carbocycles. The van der Waals surface area contributed by atoms with Crippen LogP contribution in [0.3, 0.4) is 0 Å². The maximum absolute atomic E-state index is 7.39. The smallest absolute Gasteiger partial charge is 0.137 e. The first-order valence-electron chi connectivity index (χ1n) is 26.0. The molecule has 0 fully saturated rings. The Morgan fingerprint density at radius 2 is 1.01 bits per heavy atom. The van der Waals surface area contributed by atoms with Crippen molar-refractivity contribution in [1.29, 1.82) is 0 Å². The lowest BCUT2D eigenvalue weighted by Crippen LogP contribution is -2.31. The molecule has 9 aromatic rings. The number of ether oxygens (including phenoxy) is 1. The summed E-state index contributed by atoms with van der Waals surface area (Å²) in [6.45, 7) is 30.8. The Kier molecular flexibility index (Phi) is 12.3. The zero-order valence-corrected chi connectivity index (χ0v) is 45.3. The van der Waals surface area contributed by atoms with Gasteiger partial charge in [-0.1, -0.05) is 205 Å². The number of anilines is 2. The number of allylic oxidation sites excluding steroid dienone is 1. The maximum Gasteiger partial charge on any atom is 0.137 e. The third-order valence-electron chi connectivity index (χ3n) is 15.3. The van der Waals surface area contributed by atoms with Crippen LogP contribution in [0.2, 0.25) is 0 Å². The molecule has 0 radical (unpaired) electrons. The molecule has 0 unspecified atom stereocenters. The van der Waals surface area contributed by atoms with Gasteiger partial charge in [0, 0.05) is 68.6 Å². The molecular weight excluding hydrogens is 889 g/mol. The molecule has 0 saturated heterocycles. The van der Waals surface area contributed by atoms with E-state index in [2.05, 4.69) is 287 Å². The standard InChI is InChI=1S/C68H72N4O/c1-64(2,3)51-37-52(65(4,5)6)39-53(38-51)70-44-61(66(7,8)9)71(45-70)54-35-47(46-25-17-14-18-26-46)36-55(41-54)73-56-42-58(68(12,13)49-29-21-16-22-30-49)63-57-31-23-24-32-59(57)72(60(63)43-56)62-40-50(33-34-69-62)67(10,11)48-27-19-15-20-28-48/h14-44H,45H2,1-13H3. The molecule has 5 heteroatoms. The summed E-state index contributed by atoms with van der Waals surface area (Å²) >= 11 is 0. The van der Waals surface area contributed by atoms with Crippen molar-refractivity contribution in [3.8, 4) is 28.4 Å². The van der Waals surface area contributed by atoms with Crippen LogP contribution in [-0.4, -0.2) is 16.2 Å². The molecule has 73 heavy (non-hydrogen) atoms. The second-order valence-electron chi connectivity index (χ2n) is 24.4. The number of hydrogen-bond donors (Lipinski definition) is 0. The van der Waals surface area contributed by atoms with Gasteiger partial charge in [0.15, 0.2) is 0 Å². The molecule has 2 aromatic heterocycles. The Bertz CT molecular complexity index is 3470. The highest BCUT2D eigenvalue weighted by Gasteiger charge is 2.34. The van der Waals surface area contributed by atoms with Crippen LogP contribution in [0, 0.1) is 5.41 Å². The number of benzene rings is 7. The molecule has 0 saturated carbocycles. The highest BCUT2D eigenvalue weighted by molar-refractivity contribution is 6.12. The lowest BCUT2D eigenvalue weighted by atomic mass is 9.76.